The molecule has 59 valence electrons. The molecule has 0 saturated carbocycles. The average Bonchev–Trinajstić information content (AvgIpc) is 1.79. The van der Waals surface area contributed by atoms with E-state index in [-0.39, 0.29) is 6.61 Å². The summed E-state index contributed by atoms with van der Waals surface area (Å²) < 4.78 is 4.83. The first-order valence-electron chi connectivity index (χ1n) is 3.10. The minimum Gasteiger partial charge on any atom is -0.370 e. The molecule has 4 heteroatoms. The number of likely N-dealkylation sites (N-methyl/N-ethyl adjacent to an activating group) is 1. The quantitative estimate of drug-likeness (QED) is 0.484. The minimum atomic E-state index is -0.668. The van der Waals surface area contributed by atoms with E-state index in [4.69, 9.17) is 10.5 Å². The second kappa shape index (κ2) is 5.20. The molecule has 0 aliphatic heterocycles. The van der Waals surface area contributed by atoms with Crippen molar-refractivity contribution < 1.29 is 9.53 Å². The number of rotatable bonds is 5. The first-order valence-corrected chi connectivity index (χ1v) is 3.10. The van der Waals surface area contributed by atoms with Gasteiger partial charge in [-0.05, 0) is 14.1 Å². The molecule has 0 aliphatic rings. The Morgan fingerprint density at radius 1 is 1.60 bits per heavy atom. The third kappa shape index (κ3) is 7.39. The maximum atomic E-state index is 10.0. The molecule has 1 amide bonds. The topological polar surface area (TPSA) is 53.3 Å². The lowest BCUT2D eigenvalue weighted by Gasteiger charge is -2.07. The molecule has 0 heterocycles. The van der Waals surface area contributed by atoms with Gasteiger partial charge in [-0.25, -0.2) is 0 Å². The molecule has 0 saturated heterocycles. The summed E-state index contributed by atoms with van der Waals surface area (Å²) in [4.78, 5) is 12.0. The molecule has 0 spiro atoms. The van der Waals surface area contributed by atoms with Crippen molar-refractivity contribution in [3.63, 3.8) is 0 Å². The summed E-state index contributed by atoms with van der Waals surface area (Å²) >= 11 is 0. The summed E-state index contributed by atoms with van der Waals surface area (Å²) in [6.45, 7) is 1.21. The van der Waals surface area contributed by atoms with E-state index in [1.54, 1.807) is 0 Å². The van der Waals surface area contributed by atoms with Crippen molar-refractivity contribution >= 4 is 5.91 Å². The molecule has 0 aromatic rings. The molecule has 0 aromatic heterocycles. The summed E-state index contributed by atoms with van der Waals surface area (Å²) in [7, 11) is 3.84. The Bertz CT molecular complexity index is 104. The first-order chi connectivity index (χ1) is 4.63. The van der Waals surface area contributed by atoms with Gasteiger partial charge in [0.25, 0.3) is 5.91 Å². The molecule has 10 heavy (non-hydrogen) atoms. The number of carbonyl (C=O) groups excluding carboxylic acids is 1. The van der Waals surface area contributed by atoms with Crippen LogP contribution in [0.15, 0.2) is 0 Å². The van der Waals surface area contributed by atoms with E-state index in [1.165, 1.54) is 0 Å². The van der Waals surface area contributed by atoms with Crippen molar-refractivity contribution in [1.82, 2.24) is 10.6 Å². The third-order valence-electron chi connectivity index (χ3n) is 0.916. The van der Waals surface area contributed by atoms with Gasteiger partial charge in [-0.3, -0.25) is 10.5 Å². The molecule has 0 rings (SSSR count). The SMILES string of the molecule is CN(C)CCOCC([NH])=O. The third-order valence-corrected chi connectivity index (χ3v) is 0.916. The highest BCUT2D eigenvalue weighted by atomic mass is 16.5. The summed E-state index contributed by atoms with van der Waals surface area (Å²) in [5.41, 5.74) is 6.49. The minimum absolute atomic E-state index is 0.0894. The van der Waals surface area contributed by atoms with Crippen molar-refractivity contribution in [2.75, 3.05) is 33.9 Å². The van der Waals surface area contributed by atoms with Gasteiger partial charge < -0.3 is 9.64 Å². The van der Waals surface area contributed by atoms with Gasteiger partial charge in [-0.2, -0.15) is 0 Å². The zero-order valence-corrected chi connectivity index (χ0v) is 6.39. The Morgan fingerprint density at radius 3 is 2.60 bits per heavy atom. The van der Waals surface area contributed by atoms with Crippen molar-refractivity contribution in [2.45, 2.75) is 0 Å². The number of nitrogens with zero attached hydrogens (tertiary/aromatic N) is 1. The lowest BCUT2D eigenvalue weighted by molar-refractivity contribution is -0.123. The monoisotopic (exact) mass is 145 g/mol. The van der Waals surface area contributed by atoms with Crippen LogP contribution in [0.25, 0.3) is 0 Å². The Balaban J connectivity index is 2.98. The second-order valence-corrected chi connectivity index (χ2v) is 2.28. The van der Waals surface area contributed by atoms with Gasteiger partial charge in [-0.15, -0.1) is 0 Å². The van der Waals surface area contributed by atoms with E-state index in [1.807, 2.05) is 19.0 Å². The highest BCUT2D eigenvalue weighted by Gasteiger charge is 1.94. The Morgan fingerprint density at radius 2 is 2.20 bits per heavy atom. The van der Waals surface area contributed by atoms with Crippen LogP contribution in [-0.2, 0) is 9.53 Å². The zero-order chi connectivity index (χ0) is 7.98. The smallest absolute Gasteiger partial charge is 0.264 e. The number of carbonyl (C=O) groups is 1. The highest BCUT2D eigenvalue weighted by Crippen LogP contribution is 1.77. The molecule has 0 aliphatic carbocycles. The molecule has 0 unspecified atom stereocenters. The molecule has 1 N–H and O–H groups in total. The van der Waals surface area contributed by atoms with Crippen LogP contribution in [0.4, 0.5) is 0 Å². The zero-order valence-electron chi connectivity index (χ0n) is 6.39. The van der Waals surface area contributed by atoms with Crippen LogP contribution in [0, 0.1) is 0 Å². The number of hydrogen-bond donors (Lipinski definition) is 0. The first kappa shape index (κ1) is 9.39. The summed E-state index contributed by atoms with van der Waals surface area (Å²) in [5, 5.41) is 0. The number of hydrogen-bond acceptors (Lipinski definition) is 3. The predicted octanol–water partition coefficient (Wildman–Crippen LogP) is -0.626. The summed E-state index contributed by atoms with van der Waals surface area (Å²) in [6.07, 6.45) is 0. The fourth-order valence-corrected chi connectivity index (χ4v) is 0.412. The van der Waals surface area contributed by atoms with Gasteiger partial charge in [0.15, 0.2) is 0 Å². The largest absolute Gasteiger partial charge is 0.370 e. The second-order valence-electron chi connectivity index (χ2n) is 2.28. The molecule has 4 nitrogen and oxygen atoms in total. The molecule has 0 fully saturated rings. The predicted molar refractivity (Wildman–Crippen MR) is 37.5 cm³/mol. The maximum Gasteiger partial charge on any atom is 0.264 e. The normalized spacial score (nSPS) is 10.3. The van der Waals surface area contributed by atoms with Crippen molar-refractivity contribution in [3.05, 3.63) is 0 Å². The van der Waals surface area contributed by atoms with Gasteiger partial charge in [0.1, 0.15) is 6.61 Å². The Hall–Kier alpha value is -0.610. The molecule has 1 radical (unpaired) electrons. The fraction of sp³-hybridized carbons (Fsp3) is 0.833. The Labute approximate surface area is 60.9 Å². The molecular weight excluding hydrogens is 132 g/mol. The number of ether oxygens (including phenoxy) is 1. The van der Waals surface area contributed by atoms with Crippen LogP contribution in [0.2, 0.25) is 0 Å². The van der Waals surface area contributed by atoms with Gasteiger partial charge in [0.2, 0.25) is 0 Å². The molecule has 0 aromatic carbocycles. The van der Waals surface area contributed by atoms with E-state index < -0.39 is 5.91 Å². The van der Waals surface area contributed by atoms with Crippen molar-refractivity contribution in [3.8, 4) is 0 Å². The van der Waals surface area contributed by atoms with E-state index in [0.29, 0.717) is 6.61 Å². The average molecular weight is 145 g/mol. The summed E-state index contributed by atoms with van der Waals surface area (Å²) in [6, 6.07) is 0. The standard InChI is InChI=1S/C6H13N2O2/c1-8(2)3-4-10-5-6(7)9/h7H,3-5H2,1-2H3. The van der Waals surface area contributed by atoms with Crippen LogP contribution in [-0.4, -0.2) is 44.7 Å². The van der Waals surface area contributed by atoms with E-state index >= 15 is 0 Å². The lowest BCUT2D eigenvalue weighted by Crippen LogP contribution is -2.20. The van der Waals surface area contributed by atoms with Gasteiger partial charge in [0.05, 0.1) is 6.61 Å². The molecule has 0 bridgehead atoms. The van der Waals surface area contributed by atoms with Crippen LogP contribution in [0.5, 0.6) is 0 Å². The van der Waals surface area contributed by atoms with E-state index in [9.17, 15) is 4.79 Å². The number of nitrogens with one attached hydrogen (secondary N) is 1. The van der Waals surface area contributed by atoms with Gasteiger partial charge in [-0.1, -0.05) is 0 Å². The van der Waals surface area contributed by atoms with Crippen molar-refractivity contribution in [2.24, 2.45) is 0 Å². The fourth-order valence-electron chi connectivity index (χ4n) is 0.412. The van der Waals surface area contributed by atoms with Crippen LogP contribution < -0.4 is 5.73 Å². The lowest BCUT2D eigenvalue weighted by atomic mass is 10.6. The van der Waals surface area contributed by atoms with Crippen LogP contribution in [0.1, 0.15) is 0 Å². The van der Waals surface area contributed by atoms with E-state index in [0.717, 1.165) is 6.54 Å². The van der Waals surface area contributed by atoms with Gasteiger partial charge >= 0.3 is 0 Å². The molecular formula is C6H13N2O2. The van der Waals surface area contributed by atoms with Crippen molar-refractivity contribution in [1.29, 1.82) is 0 Å². The van der Waals surface area contributed by atoms with Gasteiger partial charge in [0, 0.05) is 6.54 Å². The summed E-state index contributed by atoms with van der Waals surface area (Å²) in [5.74, 6) is -0.668. The van der Waals surface area contributed by atoms with Crippen LogP contribution >= 0.6 is 0 Å². The molecule has 0 atom stereocenters. The maximum absolute atomic E-state index is 10.0. The van der Waals surface area contributed by atoms with E-state index in [2.05, 4.69) is 0 Å². The highest BCUT2D eigenvalue weighted by molar-refractivity contribution is 5.74. The Kier molecular flexibility index (Phi) is 4.88. The number of amides is 1. The van der Waals surface area contributed by atoms with Crippen LogP contribution in [0.3, 0.4) is 0 Å².